The average Bonchev–Trinajstić information content (AvgIpc) is 2.41. The number of nitrogens with zero attached hydrogens (tertiary/aromatic N) is 2. The number of rotatable bonds is 6. The van der Waals surface area contributed by atoms with Crippen LogP contribution >= 0.6 is 11.8 Å². The number of nitrogens with one attached hydrogen (secondary N) is 1. The maximum atomic E-state index is 10.5. The van der Waals surface area contributed by atoms with Crippen molar-refractivity contribution in [3.05, 3.63) is 28.4 Å². The molecule has 0 amide bonds. The second-order valence-corrected chi connectivity index (χ2v) is 6.08. The first kappa shape index (κ1) is 14.1. The zero-order valence-electron chi connectivity index (χ0n) is 10.7. The van der Waals surface area contributed by atoms with Gasteiger partial charge in [0.2, 0.25) is 0 Å². The topological polar surface area (TPSA) is 88.3 Å². The van der Waals surface area contributed by atoms with Gasteiger partial charge in [0.05, 0.1) is 10.5 Å². The number of nitro groups is 1. The lowest BCUT2D eigenvalue weighted by molar-refractivity contribution is -0.385. The minimum absolute atomic E-state index is 0.0349. The van der Waals surface area contributed by atoms with Crippen molar-refractivity contribution in [1.82, 2.24) is 4.98 Å². The van der Waals surface area contributed by atoms with Crippen LogP contribution in [-0.4, -0.2) is 38.2 Å². The van der Waals surface area contributed by atoms with Crippen LogP contribution in [0.4, 0.5) is 11.5 Å². The summed E-state index contributed by atoms with van der Waals surface area (Å²) in [5.41, 5.74) is -0.725. The molecule has 1 fully saturated rings. The molecule has 0 aliphatic heterocycles. The molecule has 2 N–H and O–H groups in total. The Balaban J connectivity index is 1.90. The van der Waals surface area contributed by atoms with Crippen LogP contribution in [0, 0.1) is 10.1 Å². The van der Waals surface area contributed by atoms with Crippen molar-refractivity contribution in [1.29, 1.82) is 0 Å². The Labute approximate surface area is 115 Å². The fourth-order valence-electron chi connectivity index (χ4n) is 2.08. The first-order chi connectivity index (χ1) is 9.05. The van der Waals surface area contributed by atoms with E-state index in [-0.39, 0.29) is 10.9 Å². The average molecular weight is 283 g/mol. The third-order valence-corrected chi connectivity index (χ3v) is 4.75. The molecular formula is C12H17N3O3S. The zero-order valence-corrected chi connectivity index (χ0v) is 11.5. The van der Waals surface area contributed by atoms with Gasteiger partial charge < -0.3 is 10.4 Å². The van der Waals surface area contributed by atoms with Gasteiger partial charge in [-0.15, -0.1) is 0 Å². The molecule has 1 aromatic heterocycles. The molecule has 1 heterocycles. The number of anilines is 1. The fraction of sp³-hybridized carbons (Fsp3) is 0.583. The predicted molar refractivity (Wildman–Crippen MR) is 75.5 cm³/mol. The van der Waals surface area contributed by atoms with Crippen LogP contribution in [-0.2, 0) is 0 Å². The van der Waals surface area contributed by atoms with Crippen LogP contribution < -0.4 is 5.32 Å². The molecule has 1 aliphatic rings. The largest absolute Gasteiger partial charge is 0.387 e. The minimum atomic E-state index is -0.690. The van der Waals surface area contributed by atoms with Gasteiger partial charge in [-0.2, -0.15) is 11.8 Å². The van der Waals surface area contributed by atoms with Crippen molar-refractivity contribution in [2.45, 2.75) is 30.6 Å². The van der Waals surface area contributed by atoms with Gasteiger partial charge in [-0.3, -0.25) is 10.1 Å². The lowest BCUT2D eigenvalue weighted by Gasteiger charge is -2.45. The molecule has 0 radical (unpaired) electrons. The monoisotopic (exact) mass is 283 g/mol. The lowest BCUT2D eigenvalue weighted by atomic mass is 9.79. The number of pyridine rings is 1. The number of aliphatic hydroxyl groups is 1. The summed E-state index contributed by atoms with van der Waals surface area (Å²) < 4.78 is 0. The Morgan fingerprint density at radius 1 is 1.68 bits per heavy atom. The Morgan fingerprint density at radius 2 is 2.47 bits per heavy atom. The molecule has 2 unspecified atom stereocenters. The molecule has 0 saturated heterocycles. The van der Waals surface area contributed by atoms with E-state index in [2.05, 4.69) is 17.2 Å². The Kier molecular flexibility index (Phi) is 4.26. The van der Waals surface area contributed by atoms with Crippen LogP contribution in [0.15, 0.2) is 18.3 Å². The highest BCUT2D eigenvalue weighted by Crippen LogP contribution is 2.41. The smallest absolute Gasteiger partial charge is 0.287 e. The number of aromatic nitrogens is 1. The third-order valence-electron chi connectivity index (χ3n) is 3.34. The van der Waals surface area contributed by atoms with E-state index in [1.165, 1.54) is 12.3 Å². The van der Waals surface area contributed by atoms with E-state index < -0.39 is 10.5 Å². The molecule has 1 aliphatic carbocycles. The molecule has 104 valence electrons. The highest BCUT2D eigenvalue weighted by atomic mass is 32.2. The summed E-state index contributed by atoms with van der Waals surface area (Å²) in [5.74, 6) is 1.54. The van der Waals surface area contributed by atoms with Gasteiger partial charge in [0, 0.05) is 17.9 Å². The van der Waals surface area contributed by atoms with E-state index >= 15 is 0 Å². The summed E-state index contributed by atoms with van der Waals surface area (Å²) in [6.07, 6.45) is 3.03. The van der Waals surface area contributed by atoms with Crippen molar-refractivity contribution in [2.75, 3.05) is 17.6 Å². The zero-order chi connectivity index (χ0) is 13.9. The Morgan fingerprint density at radius 3 is 2.95 bits per heavy atom. The van der Waals surface area contributed by atoms with Gasteiger partial charge in [-0.1, -0.05) is 6.92 Å². The number of hydrogen-bond acceptors (Lipinski definition) is 6. The summed E-state index contributed by atoms with van der Waals surface area (Å²) in [4.78, 5) is 14.0. The summed E-state index contributed by atoms with van der Waals surface area (Å²) in [7, 11) is 0. The van der Waals surface area contributed by atoms with Crippen molar-refractivity contribution in [3.8, 4) is 0 Å². The summed E-state index contributed by atoms with van der Waals surface area (Å²) in [5, 5.41) is 24.2. The highest BCUT2D eigenvalue weighted by molar-refractivity contribution is 8.00. The van der Waals surface area contributed by atoms with Crippen LogP contribution in [0.2, 0.25) is 0 Å². The summed E-state index contributed by atoms with van der Waals surface area (Å²) >= 11 is 1.77. The first-order valence-corrected chi connectivity index (χ1v) is 7.28. The number of hydrogen-bond donors (Lipinski definition) is 2. The maximum Gasteiger partial charge on any atom is 0.287 e. The van der Waals surface area contributed by atoms with Crippen molar-refractivity contribution in [3.63, 3.8) is 0 Å². The van der Waals surface area contributed by atoms with Crippen LogP contribution in [0.5, 0.6) is 0 Å². The molecule has 0 spiro atoms. The standard InChI is InChI=1S/C12H17N3O3S/c1-2-19-10-5-6-12(10,16)8-14-11-4-3-9(7-13-11)15(17)18/h3-4,7,10,16H,2,5-6,8H2,1H3,(H,13,14). The molecule has 19 heavy (non-hydrogen) atoms. The summed E-state index contributed by atoms with van der Waals surface area (Å²) in [6.45, 7) is 2.50. The van der Waals surface area contributed by atoms with Gasteiger partial charge in [-0.25, -0.2) is 4.98 Å². The van der Waals surface area contributed by atoms with E-state index in [1.54, 1.807) is 17.8 Å². The van der Waals surface area contributed by atoms with E-state index in [0.717, 1.165) is 18.6 Å². The molecule has 1 saturated carbocycles. The second kappa shape index (κ2) is 5.75. The Bertz CT molecular complexity index is 454. The van der Waals surface area contributed by atoms with E-state index in [1.807, 2.05) is 0 Å². The molecule has 2 atom stereocenters. The maximum absolute atomic E-state index is 10.5. The molecule has 1 aromatic rings. The number of thioether (sulfide) groups is 1. The van der Waals surface area contributed by atoms with Gasteiger partial charge in [0.15, 0.2) is 0 Å². The van der Waals surface area contributed by atoms with Crippen molar-refractivity contribution < 1.29 is 10.0 Å². The Hall–Kier alpha value is -1.34. The van der Waals surface area contributed by atoms with E-state index in [4.69, 9.17) is 0 Å². The van der Waals surface area contributed by atoms with Crippen LogP contribution in [0.25, 0.3) is 0 Å². The molecule has 7 heteroatoms. The molecule has 0 bridgehead atoms. The highest BCUT2D eigenvalue weighted by Gasteiger charge is 2.44. The molecule has 6 nitrogen and oxygen atoms in total. The van der Waals surface area contributed by atoms with Gasteiger partial charge in [0.1, 0.15) is 12.0 Å². The van der Waals surface area contributed by atoms with E-state index in [9.17, 15) is 15.2 Å². The summed E-state index contributed by atoms with van der Waals surface area (Å²) in [6, 6.07) is 2.96. The van der Waals surface area contributed by atoms with Crippen LogP contribution in [0.3, 0.4) is 0 Å². The van der Waals surface area contributed by atoms with Crippen molar-refractivity contribution >= 4 is 23.3 Å². The van der Waals surface area contributed by atoms with Crippen molar-refractivity contribution in [2.24, 2.45) is 0 Å². The third kappa shape index (κ3) is 3.16. The predicted octanol–water partition coefficient (Wildman–Crippen LogP) is 2.05. The van der Waals surface area contributed by atoms with Gasteiger partial charge in [0.25, 0.3) is 5.69 Å². The second-order valence-electron chi connectivity index (χ2n) is 4.60. The quantitative estimate of drug-likeness (QED) is 0.613. The lowest BCUT2D eigenvalue weighted by Crippen LogP contribution is -2.54. The normalized spacial score (nSPS) is 25.7. The SMILES string of the molecule is CCSC1CCC1(O)CNc1ccc([N+](=O)[O-])cn1. The first-order valence-electron chi connectivity index (χ1n) is 6.23. The van der Waals surface area contributed by atoms with Gasteiger partial charge in [-0.05, 0) is 24.7 Å². The fourth-order valence-corrected chi connectivity index (χ4v) is 3.28. The molecular weight excluding hydrogens is 266 g/mol. The van der Waals surface area contributed by atoms with Crippen LogP contribution in [0.1, 0.15) is 19.8 Å². The molecule has 2 rings (SSSR count). The molecule has 0 aromatic carbocycles. The minimum Gasteiger partial charge on any atom is -0.387 e. The van der Waals surface area contributed by atoms with Gasteiger partial charge >= 0.3 is 0 Å². The van der Waals surface area contributed by atoms with E-state index in [0.29, 0.717) is 12.4 Å².